The summed E-state index contributed by atoms with van der Waals surface area (Å²) >= 11 is 0. The number of H-pyrrole nitrogens is 1. The van der Waals surface area contributed by atoms with Crippen molar-refractivity contribution in [1.82, 2.24) is 4.98 Å². The van der Waals surface area contributed by atoms with Crippen LogP contribution in [0.25, 0.3) is 10.9 Å². The average molecular weight is 245 g/mol. The second kappa shape index (κ2) is 4.14. The van der Waals surface area contributed by atoms with Crippen molar-refractivity contribution in [2.45, 2.75) is 20.0 Å². The lowest BCUT2D eigenvalue weighted by molar-refractivity contribution is 0.108. The highest BCUT2D eigenvalue weighted by Gasteiger charge is 2.18. The number of ether oxygens (including phenoxy) is 2. The number of aromatic amines is 1. The number of fused-ring (bicyclic) bond motifs is 2. The summed E-state index contributed by atoms with van der Waals surface area (Å²) in [5.41, 5.74) is 3.55. The third-order valence-corrected chi connectivity index (χ3v) is 3.48. The van der Waals surface area contributed by atoms with Gasteiger partial charge in [-0.05, 0) is 18.6 Å². The minimum Gasteiger partial charge on any atom is -0.495 e. The lowest BCUT2D eigenvalue weighted by atomic mass is 10.0. The largest absolute Gasteiger partial charge is 0.495 e. The van der Waals surface area contributed by atoms with Crippen molar-refractivity contribution in [2.75, 3.05) is 13.7 Å². The van der Waals surface area contributed by atoms with E-state index in [1.54, 1.807) is 7.11 Å². The zero-order chi connectivity index (χ0) is 12.7. The van der Waals surface area contributed by atoms with Crippen LogP contribution in [0.4, 0.5) is 0 Å². The van der Waals surface area contributed by atoms with E-state index >= 15 is 0 Å². The van der Waals surface area contributed by atoms with Crippen molar-refractivity contribution in [3.63, 3.8) is 0 Å². The highest BCUT2D eigenvalue weighted by atomic mass is 16.5. The van der Waals surface area contributed by atoms with Crippen LogP contribution < -0.4 is 10.2 Å². The van der Waals surface area contributed by atoms with Crippen LogP contribution in [0.3, 0.4) is 0 Å². The Kier molecular flexibility index (Phi) is 2.59. The van der Waals surface area contributed by atoms with E-state index < -0.39 is 0 Å². The third kappa shape index (κ3) is 1.53. The SMILES string of the molecule is COc1ccc(C)c2c(=O)c3c([nH]c12)CCOC3. The molecule has 2 heterocycles. The number of aromatic nitrogens is 1. The number of hydrogen-bond donors (Lipinski definition) is 1. The molecule has 0 spiro atoms. The predicted octanol–water partition coefficient (Wildman–Crippen LogP) is 1.92. The molecule has 0 amide bonds. The Morgan fingerprint density at radius 3 is 3.00 bits per heavy atom. The van der Waals surface area contributed by atoms with Gasteiger partial charge in [0.2, 0.25) is 0 Å². The van der Waals surface area contributed by atoms with Crippen LogP contribution in [-0.4, -0.2) is 18.7 Å². The van der Waals surface area contributed by atoms with Gasteiger partial charge in [0, 0.05) is 17.7 Å². The minimum atomic E-state index is 0.0647. The molecule has 3 rings (SSSR count). The second-order valence-electron chi connectivity index (χ2n) is 4.55. The Hall–Kier alpha value is -1.81. The highest BCUT2D eigenvalue weighted by molar-refractivity contribution is 5.88. The molecule has 0 saturated carbocycles. The Morgan fingerprint density at radius 1 is 1.39 bits per heavy atom. The van der Waals surface area contributed by atoms with Gasteiger partial charge in [0.15, 0.2) is 5.43 Å². The molecule has 0 fully saturated rings. The quantitative estimate of drug-likeness (QED) is 0.835. The van der Waals surface area contributed by atoms with E-state index in [0.29, 0.717) is 24.3 Å². The molecule has 1 aliphatic rings. The maximum atomic E-state index is 12.5. The molecule has 1 aliphatic heterocycles. The van der Waals surface area contributed by atoms with Gasteiger partial charge >= 0.3 is 0 Å². The number of methoxy groups -OCH3 is 1. The van der Waals surface area contributed by atoms with Crippen LogP contribution in [0.1, 0.15) is 16.8 Å². The molecule has 0 bridgehead atoms. The molecule has 1 aromatic heterocycles. The first-order valence-corrected chi connectivity index (χ1v) is 6.01. The number of pyridine rings is 1. The number of benzene rings is 1. The van der Waals surface area contributed by atoms with Crippen LogP contribution in [0, 0.1) is 6.92 Å². The molecular formula is C14H15NO3. The second-order valence-corrected chi connectivity index (χ2v) is 4.55. The molecule has 18 heavy (non-hydrogen) atoms. The van der Waals surface area contributed by atoms with E-state index in [1.165, 1.54) is 0 Å². The van der Waals surface area contributed by atoms with Gasteiger partial charge in [0.05, 0.1) is 31.2 Å². The summed E-state index contributed by atoms with van der Waals surface area (Å²) in [5.74, 6) is 0.710. The van der Waals surface area contributed by atoms with Crippen molar-refractivity contribution in [2.24, 2.45) is 0 Å². The molecule has 0 unspecified atom stereocenters. The molecule has 0 aliphatic carbocycles. The van der Waals surface area contributed by atoms with Gasteiger partial charge in [0.25, 0.3) is 0 Å². The normalized spacial score (nSPS) is 14.6. The van der Waals surface area contributed by atoms with Crippen molar-refractivity contribution in [3.8, 4) is 5.75 Å². The summed E-state index contributed by atoms with van der Waals surface area (Å²) in [4.78, 5) is 15.9. The van der Waals surface area contributed by atoms with Crippen LogP contribution in [-0.2, 0) is 17.8 Å². The maximum Gasteiger partial charge on any atom is 0.195 e. The Labute approximate surface area is 105 Å². The molecule has 0 atom stereocenters. The van der Waals surface area contributed by atoms with Gasteiger partial charge < -0.3 is 14.5 Å². The fourth-order valence-corrected chi connectivity index (χ4v) is 2.50. The standard InChI is InChI=1S/C14H15NO3/c1-8-3-4-11(17-2)13-12(8)14(16)9-7-18-6-5-10(9)15-13/h3-4H,5-7H2,1-2H3,(H,15,16). The van der Waals surface area contributed by atoms with E-state index in [0.717, 1.165) is 28.8 Å². The van der Waals surface area contributed by atoms with Crippen molar-refractivity contribution in [3.05, 3.63) is 39.2 Å². The first kappa shape index (κ1) is 11.3. The zero-order valence-electron chi connectivity index (χ0n) is 10.5. The molecular weight excluding hydrogens is 230 g/mol. The summed E-state index contributed by atoms with van der Waals surface area (Å²) in [7, 11) is 1.62. The summed E-state index contributed by atoms with van der Waals surface area (Å²) in [6, 6.07) is 3.80. The Balaban J connectivity index is 2.45. The topological polar surface area (TPSA) is 51.3 Å². The van der Waals surface area contributed by atoms with Gasteiger partial charge in [-0.3, -0.25) is 4.79 Å². The molecule has 2 aromatic rings. The van der Waals surface area contributed by atoms with Crippen molar-refractivity contribution < 1.29 is 9.47 Å². The Bertz CT molecular complexity index is 673. The van der Waals surface area contributed by atoms with Crippen LogP contribution in [0.15, 0.2) is 16.9 Å². The van der Waals surface area contributed by atoms with Gasteiger partial charge in [-0.1, -0.05) is 6.07 Å². The van der Waals surface area contributed by atoms with Crippen molar-refractivity contribution in [1.29, 1.82) is 0 Å². The first-order chi connectivity index (χ1) is 8.72. The van der Waals surface area contributed by atoms with Gasteiger partial charge in [-0.15, -0.1) is 0 Å². The van der Waals surface area contributed by atoms with Crippen molar-refractivity contribution >= 4 is 10.9 Å². The van der Waals surface area contributed by atoms with Gasteiger partial charge in [-0.2, -0.15) is 0 Å². The van der Waals surface area contributed by atoms with E-state index in [9.17, 15) is 4.79 Å². The monoisotopic (exact) mass is 245 g/mol. The summed E-state index contributed by atoms with van der Waals surface area (Å²) < 4.78 is 10.7. The molecule has 0 saturated heterocycles. The molecule has 1 aromatic carbocycles. The fourth-order valence-electron chi connectivity index (χ4n) is 2.50. The maximum absolute atomic E-state index is 12.5. The average Bonchev–Trinajstić information content (AvgIpc) is 2.39. The van der Waals surface area contributed by atoms with Crippen LogP contribution in [0.5, 0.6) is 5.75 Å². The highest BCUT2D eigenvalue weighted by Crippen LogP contribution is 2.26. The number of hydrogen-bond acceptors (Lipinski definition) is 3. The summed E-state index contributed by atoms with van der Waals surface area (Å²) in [6.07, 6.45) is 0.748. The van der Waals surface area contributed by atoms with E-state index in [-0.39, 0.29) is 5.43 Å². The number of nitrogens with one attached hydrogen (secondary N) is 1. The summed E-state index contributed by atoms with van der Waals surface area (Å²) in [5, 5.41) is 0.707. The fraction of sp³-hybridized carbons (Fsp3) is 0.357. The molecule has 94 valence electrons. The zero-order valence-corrected chi connectivity index (χ0v) is 10.5. The van der Waals surface area contributed by atoms with Crippen LogP contribution >= 0.6 is 0 Å². The van der Waals surface area contributed by atoms with E-state index in [2.05, 4.69) is 4.98 Å². The van der Waals surface area contributed by atoms with Crippen LogP contribution in [0.2, 0.25) is 0 Å². The smallest absolute Gasteiger partial charge is 0.195 e. The van der Waals surface area contributed by atoms with E-state index in [1.807, 2.05) is 19.1 Å². The van der Waals surface area contributed by atoms with Gasteiger partial charge in [-0.25, -0.2) is 0 Å². The lowest BCUT2D eigenvalue weighted by Crippen LogP contribution is -2.22. The third-order valence-electron chi connectivity index (χ3n) is 3.48. The minimum absolute atomic E-state index is 0.0647. The lowest BCUT2D eigenvalue weighted by Gasteiger charge is -2.18. The molecule has 0 radical (unpaired) electrons. The van der Waals surface area contributed by atoms with Gasteiger partial charge in [0.1, 0.15) is 5.75 Å². The predicted molar refractivity (Wildman–Crippen MR) is 69.2 cm³/mol. The molecule has 1 N–H and O–H groups in total. The summed E-state index contributed by atoms with van der Waals surface area (Å²) in [6.45, 7) is 2.99. The number of rotatable bonds is 1. The Morgan fingerprint density at radius 2 is 2.22 bits per heavy atom. The molecule has 4 nitrogen and oxygen atoms in total. The van der Waals surface area contributed by atoms with E-state index in [4.69, 9.17) is 9.47 Å². The molecule has 4 heteroatoms. The first-order valence-electron chi connectivity index (χ1n) is 6.01. The number of aryl methyl sites for hydroxylation is 1.